The van der Waals surface area contributed by atoms with E-state index < -0.39 is 0 Å². The molecule has 1 aromatic carbocycles. The van der Waals surface area contributed by atoms with Crippen LogP contribution in [-0.2, 0) is 5.41 Å². The summed E-state index contributed by atoms with van der Waals surface area (Å²) in [4.78, 5) is 2.72. The quantitative estimate of drug-likeness (QED) is 0.839. The van der Waals surface area contributed by atoms with Gasteiger partial charge >= 0.3 is 0 Å². The van der Waals surface area contributed by atoms with Crippen molar-refractivity contribution in [1.29, 1.82) is 0 Å². The third kappa shape index (κ3) is 2.40. The topological polar surface area (TPSA) is 21.7 Å². The molecule has 3 rings (SSSR count). The van der Waals surface area contributed by atoms with E-state index in [-0.39, 0.29) is 0 Å². The molecule has 1 unspecified atom stereocenters. The van der Waals surface area contributed by atoms with E-state index in [2.05, 4.69) is 36.9 Å². The van der Waals surface area contributed by atoms with Crippen molar-refractivity contribution in [3.63, 3.8) is 0 Å². The van der Waals surface area contributed by atoms with Crippen molar-refractivity contribution >= 4 is 0 Å². The number of ether oxygens (including phenoxy) is 2. The molecule has 2 fully saturated rings. The zero-order chi connectivity index (χ0) is 15.7. The van der Waals surface area contributed by atoms with E-state index in [9.17, 15) is 0 Å². The smallest absolute Gasteiger partial charge is 0.161 e. The van der Waals surface area contributed by atoms with Crippen LogP contribution < -0.4 is 9.47 Å². The molecule has 1 aliphatic carbocycles. The lowest BCUT2D eigenvalue weighted by Gasteiger charge is -2.43. The molecule has 3 heteroatoms. The molecule has 0 radical (unpaired) electrons. The second kappa shape index (κ2) is 6.11. The fourth-order valence-corrected chi connectivity index (χ4v) is 4.73. The van der Waals surface area contributed by atoms with Crippen LogP contribution in [0.5, 0.6) is 11.5 Å². The standard InChI is InChI=1S/C19H29NO2/c1-14(2)20-12-11-19(10-6-5-7-18(19)20)15-8-9-16(21-3)17(13-15)22-4/h8-9,13-14,18H,5-7,10-12H2,1-4H3/t18?,19-/m0/s1. The molecule has 0 spiro atoms. The molecule has 0 N–H and O–H groups in total. The van der Waals surface area contributed by atoms with Gasteiger partial charge in [0, 0.05) is 17.5 Å². The monoisotopic (exact) mass is 303 g/mol. The van der Waals surface area contributed by atoms with Crippen molar-refractivity contribution in [3.05, 3.63) is 23.8 Å². The summed E-state index contributed by atoms with van der Waals surface area (Å²) in [6.07, 6.45) is 6.61. The van der Waals surface area contributed by atoms with Crippen LogP contribution in [0.2, 0.25) is 0 Å². The third-order valence-corrected chi connectivity index (χ3v) is 5.83. The molecule has 2 aliphatic rings. The predicted octanol–water partition coefficient (Wildman–Crippen LogP) is 4.00. The Morgan fingerprint density at radius 1 is 1.09 bits per heavy atom. The Morgan fingerprint density at radius 2 is 1.86 bits per heavy atom. The highest BCUT2D eigenvalue weighted by molar-refractivity contribution is 5.46. The number of benzene rings is 1. The molecule has 0 aromatic heterocycles. The molecule has 2 atom stereocenters. The van der Waals surface area contributed by atoms with E-state index in [4.69, 9.17) is 9.47 Å². The van der Waals surface area contributed by atoms with Crippen molar-refractivity contribution in [1.82, 2.24) is 4.90 Å². The molecule has 0 bridgehead atoms. The van der Waals surface area contributed by atoms with Crippen molar-refractivity contribution < 1.29 is 9.47 Å². The maximum atomic E-state index is 5.55. The summed E-state index contributed by atoms with van der Waals surface area (Å²) in [5, 5.41) is 0. The number of rotatable bonds is 4. The van der Waals surface area contributed by atoms with Gasteiger partial charge in [0.15, 0.2) is 11.5 Å². The Bertz CT molecular complexity index is 528. The fraction of sp³-hybridized carbons (Fsp3) is 0.684. The maximum absolute atomic E-state index is 5.55. The highest BCUT2D eigenvalue weighted by Crippen LogP contribution is 2.50. The molecule has 3 nitrogen and oxygen atoms in total. The highest BCUT2D eigenvalue weighted by atomic mass is 16.5. The minimum Gasteiger partial charge on any atom is -0.493 e. The summed E-state index contributed by atoms with van der Waals surface area (Å²) in [5.41, 5.74) is 1.75. The summed E-state index contributed by atoms with van der Waals surface area (Å²) < 4.78 is 11.0. The van der Waals surface area contributed by atoms with Gasteiger partial charge in [0.05, 0.1) is 14.2 Å². The van der Waals surface area contributed by atoms with Gasteiger partial charge in [-0.05, 0) is 57.4 Å². The Labute approximate surface area is 134 Å². The number of hydrogen-bond acceptors (Lipinski definition) is 3. The van der Waals surface area contributed by atoms with E-state index in [1.807, 2.05) is 0 Å². The number of fused-ring (bicyclic) bond motifs is 1. The van der Waals surface area contributed by atoms with Gasteiger partial charge in [0.25, 0.3) is 0 Å². The summed E-state index contributed by atoms with van der Waals surface area (Å²) in [6.45, 7) is 5.88. The van der Waals surface area contributed by atoms with E-state index in [1.165, 1.54) is 44.2 Å². The first-order chi connectivity index (χ1) is 10.6. The Hall–Kier alpha value is -1.22. The lowest BCUT2D eigenvalue weighted by atomic mass is 9.66. The Morgan fingerprint density at radius 3 is 2.55 bits per heavy atom. The zero-order valence-corrected chi connectivity index (χ0v) is 14.4. The molecule has 122 valence electrons. The maximum Gasteiger partial charge on any atom is 0.161 e. The molecule has 1 aliphatic heterocycles. The van der Waals surface area contributed by atoms with Crippen LogP contribution in [-0.4, -0.2) is 37.7 Å². The van der Waals surface area contributed by atoms with Crippen molar-refractivity contribution in [3.8, 4) is 11.5 Å². The van der Waals surface area contributed by atoms with Gasteiger partial charge in [-0.15, -0.1) is 0 Å². The number of likely N-dealkylation sites (tertiary alicyclic amines) is 1. The zero-order valence-electron chi connectivity index (χ0n) is 14.4. The van der Waals surface area contributed by atoms with Crippen LogP contribution >= 0.6 is 0 Å². The Balaban J connectivity index is 2.00. The van der Waals surface area contributed by atoms with Gasteiger partial charge in [-0.25, -0.2) is 0 Å². The molecule has 1 saturated heterocycles. The van der Waals surface area contributed by atoms with Gasteiger partial charge in [-0.3, -0.25) is 4.90 Å². The van der Waals surface area contributed by atoms with Crippen LogP contribution in [0.4, 0.5) is 0 Å². The van der Waals surface area contributed by atoms with E-state index in [0.29, 0.717) is 17.5 Å². The third-order valence-electron chi connectivity index (χ3n) is 5.83. The van der Waals surface area contributed by atoms with Gasteiger partial charge in [0.2, 0.25) is 0 Å². The largest absolute Gasteiger partial charge is 0.493 e. The van der Waals surface area contributed by atoms with Crippen molar-refractivity contribution in [2.75, 3.05) is 20.8 Å². The predicted molar refractivity (Wildman–Crippen MR) is 89.9 cm³/mol. The molecule has 1 saturated carbocycles. The van der Waals surface area contributed by atoms with Crippen LogP contribution in [0, 0.1) is 0 Å². The van der Waals surface area contributed by atoms with Crippen molar-refractivity contribution in [2.24, 2.45) is 0 Å². The lowest BCUT2D eigenvalue weighted by molar-refractivity contribution is 0.128. The van der Waals surface area contributed by atoms with Gasteiger partial charge in [0.1, 0.15) is 0 Å². The van der Waals surface area contributed by atoms with Gasteiger partial charge < -0.3 is 9.47 Å². The molecule has 0 amide bonds. The number of nitrogens with zero attached hydrogens (tertiary/aromatic N) is 1. The minimum absolute atomic E-state index is 0.308. The normalized spacial score (nSPS) is 28.7. The number of methoxy groups -OCH3 is 2. The van der Waals surface area contributed by atoms with Crippen LogP contribution in [0.3, 0.4) is 0 Å². The first-order valence-electron chi connectivity index (χ1n) is 8.60. The average molecular weight is 303 g/mol. The second-order valence-electron chi connectivity index (χ2n) is 7.07. The molecular formula is C19H29NO2. The fourth-order valence-electron chi connectivity index (χ4n) is 4.73. The van der Waals surface area contributed by atoms with Crippen molar-refractivity contribution in [2.45, 2.75) is 63.5 Å². The first-order valence-corrected chi connectivity index (χ1v) is 8.60. The van der Waals surface area contributed by atoms with E-state index >= 15 is 0 Å². The summed E-state index contributed by atoms with van der Waals surface area (Å²) in [7, 11) is 3.43. The summed E-state index contributed by atoms with van der Waals surface area (Å²) in [5.74, 6) is 1.69. The average Bonchev–Trinajstić information content (AvgIpc) is 2.95. The lowest BCUT2D eigenvalue weighted by Crippen LogP contribution is -2.47. The first kappa shape index (κ1) is 15.7. The molecular weight excluding hydrogens is 274 g/mol. The van der Waals surface area contributed by atoms with Crippen LogP contribution in [0.15, 0.2) is 18.2 Å². The number of hydrogen-bond donors (Lipinski definition) is 0. The molecule has 1 aromatic rings. The van der Waals surface area contributed by atoms with Crippen LogP contribution in [0.1, 0.15) is 51.5 Å². The van der Waals surface area contributed by atoms with Gasteiger partial charge in [-0.1, -0.05) is 18.9 Å². The van der Waals surface area contributed by atoms with E-state index in [1.54, 1.807) is 14.2 Å². The summed E-state index contributed by atoms with van der Waals surface area (Å²) in [6, 6.07) is 7.88. The van der Waals surface area contributed by atoms with Crippen LogP contribution in [0.25, 0.3) is 0 Å². The molecule has 1 heterocycles. The van der Waals surface area contributed by atoms with E-state index in [0.717, 1.165) is 11.5 Å². The SMILES string of the molecule is COc1ccc([C@@]23CCCCC2N(C(C)C)CC3)cc1OC. The van der Waals surface area contributed by atoms with Gasteiger partial charge in [-0.2, -0.15) is 0 Å². The Kier molecular flexibility index (Phi) is 4.35. The summed E-state index contributed by atoms with van der Waals surface area (Å²) >= 11 is 0. The highest BCUT2D eigenvalue weighted by Gasteiger charge is 2.50. The minimum atomic E-state index is 0.308. The second-order valence-corrected chi connectivity index (χ2v) is 7.07. The molecule has 22 heavy (non-hydrogen) atoms.